The third kappa shape index (κ3) is 2.32. The normalized spacial score (nSPS) is 13.0. The van der Waals surface area contributed by atoms with Crippen LogP contribution in [0.25, 0.3) is 0 Å². The average Bonchev–Trinajstić information content (AvgIpc) is 2.56. The van der Waals surface area contributed by atoms with E-state index in [4.69, 9.17) is 5.11 Å². The number of carboxylic acid groups (broad SMARTS) is 1. The summed E-state index contributed by atoms with van der Waals surface area (Å²) in [4.78, 5) is 39.1. The summed E-state index contributed by atoms with van der Waals surface area (Å²) in [5.74, 6) is -3.60. The highest BCUT2D eigenvalue weighted by Crippen LogP contribution is 2.40. The number of aromatic hydroxyl groups is 2. The van der Waals surface area contributed by atoms with Crippen LogP contribution in [0, 0.1) is 0 Å². The Kier molecular flexibility index (Phi) is 3.61. The van der Waals surface area contributed by atoms with E-state index in [-0.39, 0.29) is 34.4 Å². The summed E-state index contributed by atoms with van der Waals surface area (Å²) in [6.07, 6.45) is 0.637. The van der Waals surface area contributed by atoms with Crippen LogP contribution in [0.2, 0.25) is 0 Å². The van der Waals surface area contributed by atoms with Crippen molar-refractivity contribution < 1.29 is 29.7 Å². The molecule has 0 radical (unpaired) electrons. The highest BCUT2D eigenvalue weighted by Gasteiger charge is 2.34. The van der Waals surface area contributed by atoms with Crippen LogP contribution >= 0.6 is 0 Å². The van der Waals surface area contributed by atoms with Crippen molar-refractivity contribution in [1.29, 1.82) is 0 Å². The molecular formula is C17H11NO6. The second-order valence-electron chi connectivity index (χ2n) is 5.17. The van der Waals surface area contributed by atoms with Crippen LogP contribution in [0.1, 0.15) is 37.4 Å². The summed E-state index contributed by atoms with van der Waals surface area (Å²) < 4.78 is 0. The van der Waals surface area contributed by atoms with Gasteiger partial charge in [-0.3, -0.25) is 14.6 Å². The highest BCUT2D eigenvalue weighted by atomic mass is 16.4. The number of rotatable bonds is 3. The number of benzene rings is 2. The molecule has 0 saturated heterocycles. The molecule has 0 saturated carbocycles. The number of hydrogen-bond acceptors (Lipinski definition) is 6. The molecule has 24 heavy (non-hydrogen) atoms. The molecule has 0 unspecified atom stereocenters. The molecule has 1 aliphatic carbocycles. The number of phenolic OH excluding ortho intramolecular Hbond substituents is 2. The first kappa shape index (κ1) is 15.4. The van der Waals surface area contributed by atoms with Crippen LogP contribution in [0.5, 0.6) is 11.5 Å². The maximum absolute atomic E-state index is 12.6. The Morgan fingerprint density at radius 3 is 2.25 bits per heavy atom. The van der Waals surface area contributed by atoms with Gasteiger partial charge in [0.25, 0.3) is 0 Å². The van der Waals surface area contributed by atoms with Gasteiger partial charge >= 0.3 is 5.97 Å². The number of carboxylic acids is 1. The number of hydrogen-bond donors (Lipinski definition) is 3. The van der Waals surface area contributed by atoms with Gasteiger partial charge in [-0.2, -0.15) is 0 Å². The SMILES string of the molecule is O=C(O)C=NCc1cc2c(c(O)c1O)C(=O)c1ccccc1C2=O. The van der Waals surface area contributed by atoms with E-state index in [0.29, 0.717) is 6.21 Å². The molecule has 0 atom stereocenters. The van der Waals surface area contributed by atoms with E-state index in [0.717, 1.165) is 0 Å². The third-order valence-electron chi connectivity index (χ3n) is 3.70. The van der Waals surface area contributed by atoms with Crippen molar-refractivity contribution in [2.75, 3.05) is 0 Å². The first-order chi connectivity index (χ1) is 11.4. The van der Waals surface area contributed by atoms with Crippen molar-refractivity contribution in [3.63, 3.8) is 0 Å². The van der Waals surface area contributed by atoms with Gasteiger partial charge in [0, 0.05) is 22.3 Å². The molecule has 3 N–H and O–H groups in total. The van der Waals surface area contributed by atoms with E-state index in [2.05, 4.69) is 4.99 Å². The lowest BCUT2D eigenvalue weighted by Crippen LogP contribution is -2.21. The summed E-state index contributed by atoms with van der Waals surface area (Å²) in [6.45, 7) is -0.262. The topological polar surface area (TPSA) is 124 Å². The van der Waals surface area contributed by atoms with Crippen molar-refractivity contribution in [3.05, 3.63) is 58.1 Å². The number of carbonyl (C=O) groups excluding carboxylic acids is 2. The van der Waals surface area contributed by atoms with Crippen LogP contribution in [-0.4, -0.2) is 39.1 Å². The second-order valence-corrected chi connectivity index (χ2v) is 5.17. The van der Waals surface area contributed by atoms with Crippen molar-refractivity contribution in [2.24, 2.45) is 4.99 Å². The second kappa shape index (κ2) is 5.62. The summed E-state index contributed by atoms with van der Waals surface area (Å²) in [7, 11) is 0. The minimum Gasteiger partial charge on any atom is -0.504 e. The molecule has 2 aromatic rings. The number of nitrogens with zero attached hydrogens (tertiary/aromatic N) is 1. The fourth-order valence-electron chi connectivity index (χ4n) is 2.62. The Morgan fingerprint density at radius 1 is 1.00 bits per heavy atom. The fourth-order valence-corrected chi connectivity index (χ4v) is 2.62. The molecule has 3 rings (SSSR count). The number of carbonyl (C=O) groups is 3. The molecule has 1 aliphatic rings. The van der Waals surface area contributed by atoms with E-state index in [1.807, 2.05) is 0 Å². The fraction of sp³-hybridized carbons (Fsp3) is 0.0588. The zero-order valence-corrected chi connectivity index (χ0v) is 12.2. The molecule has 120 valence electrons. The average molecular weight is 325 g/mol. The number of fused-ring (bicyclic) bond motifs is 2. The smallest absolute Gasteiger partial charge is 0.346 e. The molecule has 0 aromatic heterocycles. The standard InChI is InChI=1S/C17H11NO6/c19-12(20)7-18-6-8-5-11-13(17(24)14(8)21)16(23)10-4-2-1-3-9(10)15(11)22/h1-5,7,21,24H,6H2,(H,19,20). The van der Waals surface area contributed by atoms with E-state index in [1.54, 1.807) is 12.1 Å². The molecule has 7 nitrogen and oxygen atoms in total. The molecule has 0 fully saturated rings. The van der Waals surface area contributed by atoms with Crippen LogP contribution in [0.15, 0.2) is 35.3 Å². The minimum atomic E-state index is -1.27. The molecule has 0 amide bonds. The highest BCUT2D eigenvalue weighted by molar-refractivity contribution is 6.29. The first-order valence-corrected chi connectivity index (χ1v) is 6.90. The van der Waals surface area contributed by atoms with Gasteiger partial charge in [-0.25, -0.2) is 4.79 Å². The quantitative estimate of drug-likeness (QED) is 0.495. The van der Waals surface area contributed by atoms with Crippen molar-refractivity contribution in [2.45, 2.75) is 6.54 Å². The maximum atomic E-state index is 12.6. The van der Waals surface area contributed by atoms with E-state index >= 15 is 0 Å². The van der Waals surface area contributed by atoms with Gasteiger partial charge in [0.05, 0.1) is 12.1 Å². The first-order valence-electron chi connectivity index (χ1n) is 6.90. The zero-order chi connectivity index (χ0) is 17.4. The Morgan fingerprint density at radius 2 is 1.62 bits per heavy atom. The molecule has 0 bridgehead atoms. The molecular weight excluding hydrogens is 314 g/mol. The van der Waals surface area contributed by atoms with Crippen molar-refractivity contribution >= 4 is 23.8 Å². The van der Waals surface area contributed by atoms with E-state index in [9.17, 15) is 24.6 Å². The predicted octanol–water partition coefficient (Wildman–Crippen LogP) is 1.53. The number of aliphatic carboxylic acids is 1. The summed E-state index contributed by atoms with van der Waals surface area (Å²) in [6, 6.07) is 7.44. The summed E-state index contributed by atoms with van der Waals surface area (Å²) >= 11 is 0. The van der Waals surface area contributed by atoms with Crippen LogP contribution in [0.4, 0.5) is 0 Å². The van der Waals surface area contributed by atoms with Crippen LogP contribution < -0.4 is 0 Å². The molecule has 0 aliphatic heterocycles. The van der Waals surface area contributed by atoms with Crippen LogP contribution in [-0.2, 0) is 11.3 Å². The molecule has 0 spiro atoms. The van der Waals surface area contributed by atoms with Gasteiger partial charge < -0.3 is 15.3 Å². The molecule has 2 aromatic carbocycles. The Balaban J connectivity index is 2.15. The Bertz CT molecular complexity index is 929. The van der Waals surface area contributed by atoms with E-state index in [1.165, 1.54) is 18.2 Å². The van der Waals surface area contributed by atoms with Gasteiger partial charge in [-0.05, 0) is 6.07 Å². The minimum absolute atomic E-state index is 0.0456. The van der Waals surface area contributed by atoms with Gasteiger partial charge in [-0.1, -0.05) is 24.3 Å². The van der Waals surface area contributed by atoms with Crippen molar-refractivity contribution in [1.82, 2.24) is 0 Å². The number of phenols is 2. The van der Waals surface area contributed by atoms with Gasteiger partial charge in [-0.15, -0.1) is 0 Å². The zero-order valence-electron chi connectivity index (χ0n) is 12.2. The van der Waals surface area contributed by atoms with E-state index < -0.39 is 29.0 Å². The van der Waals surface area contributed by atoms with Gasteiger partial charge in [0.2, 0.25) is 0 Å². The lowest BCUT2D eigenvalue weighted by atomic mass is 9.82. The summed E-state index contributed by atoms with van der Waals surface area (Å²) in [5, 5.41) is 28.7. The number of aliphatic imine (C=N–C) groups is 1. The van der Waals surface area contributed by atoms with Gasteiger partial charge in [0.15, 0.2) is 23.1 Å². The van der Waals surface area contributed by atoms with Crippen molar-refractivity contribution in [3.8, 4) is 11.5 Å². The largest absolute Gasteiger partial charge is 0.504 e. The Hall–Kier alpha value is -3.48. The summed E-state index contributed by atoms with van der Waals surface area (Å²) in [5.41, 5.74) is 0.0994. The van der Waals surface area contributed by atoms with Gasteiger partial charge in [0.1, 0.15) is 6.21 Å². The molecule has 0 heterocycles. The van der Waals surface area contributed by atoms with Crippen LogP contribution in [0.3, 0.4) is 0 Å². The predicted molar refractivity (Wildman–Crippen MR) is 82.9 cm³/mol. The molecule has 7 heteroatoms. The number of ketones is 2. The lowest BCUT2D eigenvalue weighted by Gasteiger charge is -2.20. The third-order valence-corrected chi connectivity index (χ3v) is 3.70. The maximum Gasteiger partial charge on any atom is 0.346 e. The lowest BCUT2D eigenvalue weighted by molar-refractivity contribution is -0.128. The monoisotopic (exact) mass is 325 g/mol. The Labute approximate surface area is 135 Å².